The van der Waals surface area contributed by atoms with E-state index in [2.05, 4.69) is 10.2 Å². The first-order valence-corrected chi connectivity index (χ1v) is 8.35. The van der Waals surface area contributed by atoms with Gasteiger partial charge in [0, 0.05) is 38.3 Å². The van der Waals surface area contributed by atoms with Crippen LogP contribution in [0.25, 0.3) is 0 Å². The first-order chi connectivity index (χ1) is 11.6. The Morgan fingerprint density at radius 1 is 1.21 bits per heavy atom. The third-order valence-electron chi connectivity index (χ3n) is 4.79. The Bertz CT molecular complexity index is 630. The molecule has 0 bridgehead atoms. The molecule has 7 heteroatoms. The molecule has 0 aliphatic carbocycles. The molecule has 2 fully saturated rings. The van der Waals surface area contributed by atoms with Crippen molar-refractivity contribution in [2.24, 2.45) is 5.92 Å². The molecule has 0 unspecified atom stereocenters. The number of amides is 3. The molecule has 0 atom stereocenters. The standard InChI is InChI=1S/C17H22FN3O3/c18-14-11-13(20-7-3-12(4-8-20)6-10-22)1-2-15(14)21-9-5-16(23)19-17(21)24/h1-2,11-12,22H,3-10H2,(H,19,23,24). The number of hydrogen-bond acceptors (Lipinski definition) is 4. The Morgan fingerprint density at radius 3 is 2.58 bits per heavy atom. The number of aliphatic hydroxyl groups excluding tert-OH is 1. The number of halogens is 1. The Hall–Kier alpha value is -2.15. The van der Waals surface area contributed by atoms with Gasteiger partial charge in [-0.2, -0.15) is 0 Å². The molecule has 0 spiro atoms. The summed E-state index contributed by atoms with van der Waals surface area (Å²) in [4.78, 5) is 26.4. The van der Waals surface area contributed by atoms with Crippen molar-refractivity contribution < 1.29 is 19.1 Å². The van der Waals surface area contributed by atoms with Crippen LogP contribution < -0.4 is 15.1 Å². The van der Waals surface area contributed by atoms with E-state index in [1.54, 1.807) is 6.07 Å². The van der Waals surface area contributed by atoms with Crippen LogP contribution in [-0.4, -0.2) is 43.3 Å². The fourth-order valence-corrected chi connectivity index (χ4v) is 3.37. The summed E-state index contributed by atoms with van der Waals surface area (Å²) in [5.41, 5.74) is 0.992. The maximum atomic E-state index is 14.5. The van der Waals surface area contributed by atoms with E-state index in [1.807, 2.05) is 6.07 Å². The molecule has 2 saturated heterocycles. The summed E-state index contributed by atoms with van der Waals surface area (Å²) in [5.74, 6) is -0.265. The number of imide groups is 1. The van der Waals surface area contributed by atoms with E-state index in [0.717, 1.165) is 38.0 Å². The number of aliphatic hydroxyl groups is 1. The third-order valence-corrected chi connectivity index (χ3v) is 4.79. The maximum absolute atomic E-state index is 14.5. The van der Waals surface area contributed by atoms with Crippen LogP contribution in [0.15, 0.2) is 18.2 Å². The minimum absolute atomic E-state index is 0.172. The lowest BCUT2D eigenvalue weighted by atomic mass is 9.93. The van der Waals surface area contributed by atoms with Crippen LogP contribution in [-0.2, 0) is 4.79 Å². The molecular weight excluding hydrogens is 313 g/mol. The van der Waals surface area contributed by atoms with Gasteiger partial charge in [-0.1, -0.05) is 0 Å². The summed E-state index contributed by atoms with van der Waals surface area (Å²) in [6, 6.07) is 4.28. The molecule has 2 aliphatic heterocycles. The number of nitrogens with zero attached hydrogens (tertiary/aromatic N) is 2. The van der Waals surface area contributed by atoms with Gasteiger partial charge in [0.2, 0.25) is 5.91 Å². The van der Waals surface area contributed by atoms with E-state index in [9.17, 15) is 14.0 Å². The fraction of sp³-hybridized carbons (Fsp3) is 0.529. The molecule has 6 nitrogen and oxygen atoms in total. The minimum atomic E-state index is -0.581. The van der Waals surface area contributed by atoms with Gasteiger partial charge in [0.1, 0.15) is 5.82 Å². The van der Waals surface area contributed by atoms with Gasteiger partial charge in [-0.25, -0.2) is 9.18 Å². The number of nitrogens with one attached hydrogen (secondary N) is 1. The van der Waals surface area contributed by atoms with E-state index in [0.29, 0.717) is 5.92 Å². The molecular formula is C17H22FN3O3. The number of anilines is 2. The maximum Gasteiger partial charge on any atom is 0.328 e. The van der Waals surface area contributed by atoms with E-state index >= 15 is 0 Å². The lowest BCUT2D eigenvalue weighted by molar-refractivity contribution is -0.120. The largest absolute Gasteiger partial charge is 0.396 e. The van der Waals surface area contributed by atoms with E-state index in [4.69, 9.17) is 5.11 Å². The lowest BCUT2D eigenvalue weighted by Crippen LogP contribution is -2.49. The number of urea groups is 1. The second kappa shape index (κ2) is 7.17. The molecule has 1 aromatic rings. The van der Waals surface area contributed by atoms with Crippen LogP contribution in [0.3, 0.4) is 0 Å². The first kappa shape index (κ1) is 16.7. The summed E-state index contributed by atoms with van der Waals surface area (Å²) >= 11 is 0. The van der Waals surface area contributed by atoms with Crippen LogP contribution in [0.4, 0.5) is 20.6 Å². The van der Waals surface area contributed by atoms with E-state index in [-0.39, 0.29) is 31.2 Å². The molecule has 0 saturated carbocycles. The van der Waals surface area contributed by atoms with Crippen molar-refractivity contribution in [2.45, 2.75) is 25.7 Å². The highest BCUT2D eigenvalue weighted by atomic mass is 19.1. The Balaban J connectivity index is 1.69. The Kier molecular flexibility index (Phi) is 4.99. The molecule has 3 rings (SSSR count). The quantitative estimate of drug-likeness (QED) is 0.881. The number of carbonyl (C=O) groups excluding carboxylic acids is 2. The number of hydrogen-bond donors (Lipinski definition) is 2. The highest BCUT2D eigenvalue weighted by Crippen LogP contribution is 2.29. The van der Waals surface area contributed by atoms with Crippen molar-refractivity contribution in [3.8, 4) is 0 Å². The predicted molar refractivity (Wildman–Crippen MR) is 88.5 cm³/mol. The Labute approximate surface area is 140 Å². The highest BCUT2D eigenvalue weighted by molar-refractivity contribution is 6.05. The van der Waals surface area contributed by atoms with Gasteiger partial charge in [-0.3, -0.25) is 15.0 Å². The first-order valence-electron chi connectivity index (χ1n) is 8.35. The van der Waals surface area contributed by atoms with Crippen molar-refractivity contribution in [2.75, 3.05) is 36.0 Å². The molecule has 0 aromatic heterocycles. The number of benzene rings is 1. The monoisotopic (exact) mass is 335 g/mol. The summed E-state index contributed by atoms with van der Waals surface area (Å²) in [7, 11) is 0. The highest BCUT2D eigenvalue weighted by Gasteiger charge is 2.27. The molecule has 2 aliphatic rings. The Morgan fingerprint density at radius 2 is 1.96 bits per heavy atom. The zero-order valence-corrected chi connectivity index (χ0v) is 13.5. The van der Waals surface area contributed by atoms with Crippen LogP contribution in [0.5, 0.6) is 0 Å². The van der Waals surface area contributed by atoms with Crippen molar-refractivity contribution in [1.29, 1.82) is 0 Å². The molecule has 24 heavy (non-hydrogen) atoms. The van der Waals surface area contributed by atoms with Gasteiger partial charge in [0.25, 0.3) is 0 Å². The van der Waals surface area contributed by atoms with Gasteiger partial charge >= 0.3 is 6.03 Å². The average molecular weight is 335 g/mol. The summed E-state index contributed by atoms with van der Waals surface area (Å²) in [6.45, 7) is 2.08. The van der Waals surface area contributed by atoms with E-state index < -0.39 is 11.8 Å². The van der Waals surface area contributed by atoms with Gasteiger partial charge in [-0.15, -0.1) is 0 Å². The second-order valence-electron chi connectivity index (χ2n) is 6.33. The average Bonchev–Trinajstić information content (AvgIpc) is 2.56. The molecule has 130 valence electrons. The predicted octanol–water partition coefficient (Wildman–Crippen LogP) is 1.87. The van der Waals surface area contributed by atoms with Gasteiger partial charge in [0.15, 0.2) is 0 Å². The topological polar surface area (TPSA) is 72.9 Å². The molecule has 3 amide bonds. The van der Waals surface area contributed by atoms with Crippen LogP contribution in [0.2, 0.25) is 0 Å². The van der Waals surface area contributed by atoms with Crippen molar-refractivity contribution >= 4 is 23.3 Å². The second-order valence-corrected chi connectivity index (χ2v) is 6.33. The van der Waals surface area contributed by atoms with Crippen LogP contribution >= 0.6 is 0 Å². The third kappa shape index (κ3) is 3.51. The van der Waals surface area contributed by atoms with Crippen LogP contribution in [0, 0.1) is 11.7 Å². The normalized spacial score (nSPS) is 19.6. The van der Waals surface area contributed by atoms with Crippen molar-refractivity contribution in [3.05, 3.63) is 24.0 Å². The van der Waals surface area contributed by atoms with E-state index in [1.165, 1.54) is 11.0 Å². The van der Waals surface area contributed by atoms with Gasteiger partial charge in [-0.05, 0) is 43.4 Å². The van der Waals surface area contributed by atoms with Crippen molar-refractivity contribution in [1.82, 2.24) is 5.32 Å². The number of carbonyl (C=O) groups is 2. The lowest BCUT2D eigenvalue weighted by Gasteiger charge is -2.34. The summed E-state index contributed by atoms with van der Waals surface area (Å²) < 4.78 is 14.5. The summed E-state index contributed by atoms with van der Waals surface area (Å²) in [6.07, 6.45) is 2.97. The zero-order chi connectivity index (χ0) is 17.1. The smallest absolute Gasteiger partial charge is 0.328 e. The van der Waals surface area contributed by atoms with Gasteiger partial charge in [0.05, 0.1) is 5.69 Å². The number of rotatable bonds is 4. The molecule has 0 radical (unpaired) electrons. The summed E-state index contributed by atoms with van der Waals surface area (Å²) in [5, 5.41) is 11.2. The van der Waals surface area contributed by atoms with Crippen LogP contribution in [0.1, 0.15) is 25.7 Å². The zero-order valence-electron chi connectivity index (χ0n) is 13.5. The fourth-order valence-electron chi connectivity index (χ4n) is 3.37. The molecule has 2 heterocycles. The minimum Gasteiger partial charge on any atom is -0.396 e. The molecule has 1 aromatic carbocycles. The van der Waals surface area contributed by atoms with Gasteiger partial charge < -0.3 is 10.0 Å². The van der Waals surface area contributed by atoms with Crippen molar-refractivity contribution in [3.63, 3.8) is 0 Å². The SMILES string of the molecule is O=C1CCN(c2ccc(N3CCC(CCO)CC3)cc2F)C(=O)N1. The number of piperidine rings is 1. The molecule has 2 N–H and O–H groups in total.